The standard InChI is InChI=1S/C14H11BrClNO2/c15-11-5-13(7-17-6-11)19-8-10-4-12(16)3-9-1-2-18-14(9)10/h3-7H,1-2,8H2. The molecule has 0 amide bonds. The van der Waals surface area contributed by atoms with Crippen LogP contribution in [0.5, 0.6) is 11.5 Å². The van der Waals surface area contributed by atoms with Crippen LogP contribution in [0.25, 0.3) is 0 Å². The zero-order chi connectivity index (χ0) is 13.2. The first-order chi connectivity index (χ1) is 9.22. The van der Waals surface area contributed by atoms with Gasteiger partial charge in [-0.2, -0.15) is 0 Å². The average molecular weight is 341 g/mol. The molecular weight excluding hydrogens is 330 g/mol. The van der Waals surface area contributed by atoms with Crippen molar-refractivity contribution in [3.8, 4) is 11.5 Å². The normalized spacial score (nSPS) is 12.9. The van der Waals surface area contributed by atoms with Gasteiger partial charge in [0.2, 0.25) is 0 Å². The lowest BCUT2D eigenvalue weighted by Crippen LogP contribution is -1.99. The number of pyridine rings is 1. The molecule has 19 heavy (non-hydrogen) atoms. The van der Waals surface area contributed by atoms with Crippen molar-refractivity contribution in [1.82, 2.24) is 4.98 Å². The molecule has 1 aromatic carbocycles. The molecule has 0 fully saturated rings. The Bertz CT molecular complexity index is 618. The highest BCUT2D eigenvalue weighted by atomic mass is 79.9. The summed E-state index contributed by atoms with van der Waals surface area (Å²) in [6.07, 6.45) is 4.30. The number of hydrogen-bond donors (Lipinski definition) is 0. The third-order valence-corrected chi connectivity index (χ3v) is 3.55. The van der Waals surface area contributed by atoms with Gasteiger partial charge in [0.1, 0.15) is 18.1 Å². The van der Waals surface area contributed by atoms with E-state index in [1.165, 1.54) is 0 Å². The summed E-state index contributed by atoms with van der Waals surface area (Å²) in [4.78, 5) is 4.06. The number of ether oxygens (including phenoxy) is 2. The van der Waals surface area contributed by atoms with Gasteiger partial charge in [-0.25, -0.2) is 0 Å². The summed E-state index contributed by atoms with van der Waals surface area (Å²) in [6, 6.07) is 5.71. The van der Waals surface area contributed by atoms with Crippen LogP contribution < -0.4 is 9.47 Å². The van der Waals surface area contributed by atoms with Gasteiger partial charge in [-0.3, -0.25) is 4.98 Å². The maximum Gasteiger partial charge on any atom is 0.139 e. The van der Waals surface area contributed by atoms with E-state index >= 15 is 0 Å². The Morgan fingerprint density at radius 1 is 1.32 bits per heavy atom. The van der Waals surface area contributed by atoms with Gasteiger partial charge in [0.25, 0.3) is 0 Å². The van der Waals surface area contributed by atoms with Gasteiger partial charge >= 0.3 is 0 Å². The fraction of sp³-hybridized carbons (Fsp3) is 0.214. The Kier molecular flexibility index (Phi) is 3.62. The zero-order valence-electron chi connectivity index (χ0n) is 10.0. The van der Waals surface area contributed by atoms with Gasteiger partial charge in [0.05, 0.1) is 12.8 Å². The Labute approximate surface area is 124 Å². The SMILES string of the molecule is Clc1cc2c(c(COc3cncc(Br)c3)c1)OCC2. The van der Waals surface area contributed by atoms with Crippen LogP contribution in [0.4, 0.5) is 0 Å². The highest BCUT2D eigenvalue weighted by molar-refractivity contribution is 9.10. The van der Waals surface area contributed by atoms with Crippen molar-refractivity contribution in [2.24, 2.45) is 0 Å². The van der Waals surface area contributed by atoms with Crippen molar-refractivity contribution in [3.63, 3.8) is 0 Å². The van der Waals surface area contributed by atoms with E-state index in [4.69, 9.17) is 21.1 Å². The molecule has 0 N–H and O–H groups in total. The lowest BCUT2D eigenvalue weighted by Gasteiger charge is -2.10. The monoisotopic (exact) mass is 339 g/mol. The molecule has 0 bridgehead atoms. The van der Waals surface area contributed by atoms with E-state index in [0.717, 1.165) is 32.8 Å². The molecule has 0 saturated heterocycles. The van der Waals surface area contributed by atoms with Crippen LogP contribution in [0.3, 0.4) is 0 Å². The molecule has 1 aliphatic heterocycles. The summed E-state index contributed by atoms with van der Waals surface area (Å²) in [5.41, 5.74) is 2.12. The zero-order valence-corrected chi connectivity index (χ0v) is 12.4. The molecule has 0 unspecified atom stereocenters. The van der Waals surface area contributed by atoms with Crippen molar-refractivity contribution in [2.45, 2.75) is 13.0 Å². The van der Waals surface area contributed by atoms with Gasteiger partial charge in [0, 0.05) is 27.7 Å². The molecule has 0 spiro atoms. The van der Waals surface area contributed by atoms with Crippen molar-refractivity contribution in [1.29, 1.82) is 0 Å². The molecule has 1 aromatic heterocycles. The highest BCUT2D eigenvalue weighted by Crippen LogP contribution is 2.33. The summed E-state index contributed by atoms with van der Waals surface area (Å²) in [5, 5.41) is 0.718. The van der Waals surface area contributed by atoms with Gasteiger partial charge in [-0.05, 0) is 39.7 Å². The summed E-state index contributed by atoms with van der Waals surface area (Å²) < 4.78 is 12.2. The van der Waals surface area contributed by atoms with Gasteiger partial charge in [-0.15, -0.1) is 0 Å². The van der Waals surface area contributed by atoms with E-state index < -0.39 is 0 Å². The minimum absolute atomic E-state index is 0.418. The molecule has 1 aliphatic rings. The van der Waals surface area contributed by atoms with Crippen LogP contribution in [0.15, 0.2) is 35.1 Å². The number of halogens is 2. The second-order valence-electron chi connectivity index (χ2n) is 4.28. The number of fused-ring (bicyclic) bond motifs is 1. The third-order valence-electron chi connectivity index (χ3n) is 2.90. The van der Waals surface area contributed by atoms with Gasteiger partial charge in [-0.1, -0.05) is 11.6 Å². The van der Waals surface area contributed by atoms with Crippen LogP contribution in [0, 0.1) is 0 Å². The number of nitrogens with zero attached hydrogens (tertiary/aromatic N) is 1. The van der Waals surface area contributed by atoms with Crippen molar-refractivity contribution in [3.05, 3.63) is 51.2 Å². The minimum Gasteiger partial charge on any atom is -0.493 e. The summed E-state index contributed by atoms with van der Waals surface area (Å²) in [5.74, 6) is 1.62. The fourth-order valence-electron chi connectivity index (χ4n) is 2.09. The minimum atomic E-state index is 0.418. The molecule has 2 aromatic rings. The van der Waals surface area contributed by atoms with Crippen molar-refractivity contribution >= 4 is 27.5 Å². The van der Waals surface area contributed by atoms with Crippen LogP contribution in [-0.4, -0.2) is 11.6 Å². The second kappa shape index (κ2) is 5.39. The molecule has 0 atom stereocenters. The third kappa shape index (κ3) is 2.85. The average Bonchev–Trinajstić information content (AvgIpc) is 2.84. The van der Waals surface area contributed by atoms with Crippen molar-refractivity contribution < 1.29 is 9.47 Å². The van der Waals surface area contributed by atoms with E-state index in [1.54, 1.807) is 12.4 Å². The smallest absolute Gasteiger partial charge is 0.139 e. The van der Waals surface area contributed by atoms with E-state index in [2.05, 4.69) is 20.9 Å². The number of benzene rings is 1. The van der Waals surface area contributed by atoms with Crippen LogP contribution in [0.2, 0.25) is 5.02 Å². The summed E-state index contributed by atoms with van der Waals surface area (Å²) in [6.45, 7) is 1.13. The highest BCUT2D eigenvalue weighted by Gasteiger charge is 2.17. The van der Waals surface area contributed by atoms with E-state index in [1.807, 2.05) is 18.2 Å². The van der Waals surface area contributed by atoms with Gasteiger partial charge in [0.15, 0.2) is 0 Å². The predicted molar refractivity (Wildman–Crippen MR) is 76.9 cm³/mol. The number of hydrogen-bond acceptors (Lipinski definition) is 3. The Morgan fingerprint density at radius 3 is 3.05 bits per heavy atom. The first-order valence-corrected chi connectivity index (χ1v) is 7.07. The van der Waals surface area contributed by atoms with E-state index in [9.17, 15) is 0 Å². The first kappa shape index (κ1) is 12.8. The predicted octanol–water partition coefficient (Wildman–Crippen LogP) is 4.01. The molecule has 0 aliphatic carbocycles. The van der Waals surface area contributed by atoms with E-state index in [-0.39, 0.29) is 0 Å². The summed E-state index contributed by atoms with van der Waals surface area (Å²) in [7, 11) is 0. The van der Waals surface area contributed by atoms with Crippen LogP contribution >= 0.6 is 27.5 Å². The Balaban J connectivity index is 1.81. The molecule has 2 heterocycles. The van der Waals surface area contributed by atoms with Crippen molar-refractivity contribution in [2.75, 3.05) is 6.61 Å². The maximum absolute atomic E-state index is 6.10. The summed E-state index contributed by atoms with van der Waals surface area (Å²) >= 11 is 9.47. The molecule has 5 heteroatoms. The molecule has 3 rings (SSSR count). The van der Waals surface area contributed by atoms with Crippen LogP contribution in [0.1, 0.15) is 11.1 Å². The maximum atomic E-state index is 6.10. The lowest BCUT2D eigenvalue weighted by molar-refractivity contribution is 0.291. The lowest BCUT2D eigenvalue weighted by atomic mass is 10.1. The van der Waals surface area contributed by atoms with Crippen LogP contribution in [-0.2, 0) is 13.0 Å². The number of aromatic nitrogens is 1. The van der Waals surface area contributed by atoms with E-state index in [0.29, 0.717) is 19.0 Å². The Morgan fingerprint density at radius 2 is 2.21 bits per heavy atom. The Hall–Kier alpha value is -1.26. The second-order valence-corrected chi connectivity index (χ2v) is 5.63. The molecule has 3 nitrogen and oxygen atoms in total. The fourth-order valence-corrected chi connectivity index (χ4v) is 2.69. The molecule has 0 radical (unpaired) electrons. The quantitative estimate of drug-likeness (QED) is 0.846. The largest absolute Gasteiger partial charge is 0.493 e. The molecule has 0 saturated carbocycles. The topological polar surface area (TPSA) is 31.4 Å². The number of rotatable bonds is 3. The molecular formula is C14H11BrClNO2. The molecule has 98 valence electrons. The first-order valence-electron chi connectivity index (χ1n) is 5.90. The van der Waals surface area contributed by atoms with Gasteiger partial charge < -0.3 is 9.47 Å².